The van der Waals surface area contributed by atoms with Crippen LogP contribution >= 0.6 is 34.2 Å². The highest BCUT2D eigenvalue weighted by Gasteiger charge is 2.70. The fraction of sp³-hybridized carbons (Fsp3) is 0.250. The summed E-state index contributed by atoms with van der Waals surface area (Å²) in [6, 6.07) is 24.9. The Morgan fingerprint density at radius 3 is 2.35 bits per heavy atom. The predicted molar refractivity (Wildman–Crippen MR) is 198 cm³/mol. The van der Waals surface area contributed by atoms with Crippen molar-refractivity contribution >= 4 is 63.5 Å². The standard InChI is InChI=1S/C40H32ClFIN3O6/c1-52-32-18-22(17-31(43)35(32)47)34-27-15-16-28-33(38(50)45(36(28)48)20-21-5-3-2-4-6-21)29(27)19-30-37(49)46(44-26-13-11-25(42)12-14-26)39(51)40(30,34)23-7-9-24(41)10-8-23/h2-15,17-18,28-30,33-34,44,47H,16,19-20H2,1H3/t28-,29+,30-,33-,34-,40+/m0/s1. The summed E-state index contributed by atoms with van der Waals surface area (Å²) in [6.45, 7) is 0.134. The molecule has 2 aliphatic carbocycles. The number of methoxy groups -OCH3 is 1. The van der Waals surface area contributed by atoms with Gasteiger partial charge in [-0.2, -0.15) is 5.01 Å². The van der Waals surface area contributed by atoms with Gasteiger partial charge in [0.25, 0.3) is 11.8 Å². The number of phenolic OH excluding ortho intramolecular Hbond substituents is 1. The Kier molecular flexibility index (Phi) is 8.61. The van der Waals surface area contributed by atoms with Gasteiger partial charge in [-0.3, -0.25) is 29.5 Å². The van der Waals surface area contributed by atoms with Crippen molar-refractivity contribution in [1.82, 2.24) is 9.91 Å². The lowest BCUT2D eigenvalue weighted by molar-refractivity contribution is -0.142. The molecule has 1 saturated carbocycles. The Labute approximate surface area is 317 Å². The van der Waals surface area contributed by atoms with Gasteiger partial charge < -0.3 is 9.84 Å². The van der Waals surface area contributed by atoms with E-state index in [1.54, 1.807) is 36.4 Å². The number of hydrazine groups is 1. The molecule has 4 aliphatic rings. The molecule has 0 aromatic heterocycles. The molecule has 9 nitrogen and oxygen atoms in total. The van der Waals surface area contributed by atoms with Crippen LogP contribution in [0, 0.1) is 33.1 Å². The molecule has 2 aliphatic heterocycles. The lowest BCUT2D eigenvalue weighted by Gasteiger charge is -2.50. The van der Waals surface area contributed by atoms with Crippen molar-refractivity contribution in [2.75, 3.05) is 12.5 Å². The van der Waals surface area contributed by atoms with Crippen LogP contribution in [0.5, 0.6) is 11.5 Å². The van der Waals surface area contributed by atoms with E-state index in [0.29, 0.717) is 25.4 Å². The second kappa shape index (κ2) is 13.0. The highest BCUT2D eigenvalue weighted by atomic mass is 127. The summed E-state index contributed by atoms with van der Waals surface area (Å²) in [4.78, 5) is 59.8. The lowest BCUT2D eigenvalue weighted by Crippen LogP contribution is -2.53. The van der Waals surface area contributed by atoms with Crippen LogP contribution in [0.4, 0.5) is 10.1 Å². The third-order valence-electron chi connectivity index (χ3n) is 11.1. The summed E-state index contributed by atoms with van der Waals surface area (Å²) in [6.07, 6.45) is 2.36. The molecule has 2 heterocycles. The number of fused-ring (bicyclic) bond motifs is 4. The molecule has 4 amide bonds. The first-order valence-electron chi connectivity index (χ1n) is 16.9. The number of nitrogens with one attached hydrogen (secondary N) is 1. The number of hydrogen-bond acceptors (Lipinski definition) is 7. The number of ether oxygens (including phenoxy) is 1. The van der Waals surface area contributed by atoms with Gasteiger partial charge in [-0.05, 0) is 107 Å². The fourth-order valence-corrected chi connectivity index (χ4v) is 9.68. The molecule has 0 bridgehead atoms. The van der Waals surface area contributed by atoms with E-state index >= 15 is 4.79 Å². The highest BCUT2D eigenvalue weighted by molar-refractivity contribution is 14.1. The Bertz CT molecular complexity index is 2160. The second-order valence-electron chi connectivity index (χ2n) is 13.7. The number of halogens is 3. The molecule has 2 saturated heterocycles. The SMILES string of the molecule is COc1cc([C@H]2C3=CC[C@@H]4C(=O)N(Cc5ccccc5)C(=O)[C@@H]4[C@@H]3C[C@H]3C(=O)N(Nc4ccc(F)cc4)C(=O)[C@@]23c2ccc(Cl)cc2)cc(I)c1O. The number of benzene rings is 4. The van der Waals surface area contributed by atoms with E-state index in [1.807, 2.05) is 59.0 Å². The molecule has 52 heavy (non-hydrogen) atoms. The maximum Gasteiger partial charge on any atom is 0.260 e. The van der Waals surface area contributed by atoms with Crippen molar-refractivity contribution in [1.29, 1.82) is 0 Å². The lowest BCUT2D eigenvalue weighted by atomic mass is 9.49. The first-order chi connectivity index (χ1) is 25.0. The average molecular weight is 832 g/mol. The molecule has 3 fully saturated rings. The van der Waals surface area contributed by atoms with E-state index in [0.717, 1.165) is 16.1 Å². The molecule has 2 N–H and O–H groups in total. The Balaban J connectivity index is 1.32. The second-order valence-corrected chi connectivity index (χ2v) is 15.3. The average Bonchev–Trinajstić information content (AvgIpc) is 3.51. The highest BCUT2D eigenvalue weighted by Crippen LogP contribution is 2.64. The third-order valence-corrected chi connectivity index (χ3v) is 12.2. The van der Waals surface area contributed by atoms with Gasteiger partial charge in [0.05, 0.1) is 46.1 Å². The van der Waals surface area contributed by atoms with Crippen molar-refractivity contribution in [2.45, 2.75) is 30.7 Å². The molecule has 0 unspecified atom stereocenters. The summed E-state index contributed by atoms with van der Waals surface area (Å²) in [5.74, 6) is -5.75. The zero-order valence-electron chi connectivity index (χ0n) is 27.8. The van der Waals surface area contributed by atoms with E-state index in [1.165, 1.54) is 36.3 Å². The third kappa shape index (κ3) is 5.22. The number of allylic oxidation sites excluding steroid dienone is 2. The molecule has 264 valence electrons. The summed E-state index contributed by atoms with van der Waals surface area (Å²) >= 11 is 8.38. The fourth-order valence-electron chi connectivity index (χ4n) is 8.93. The van der Waals surface area contributed by atoms with Crippen LogP contribution in [-0.2, 0) is 31.1 Å². The number of hydrogen-bond donors (Lipinski definition) is 2. The molecule has 12 heteroatoms. The minimum Gasteiger partial charge on any atom is -0.504 e. The molecular weight excluding hydrogens is 800 g/mol. The monoisotopic (exact) mass is 831 g/mol. The summed E-state index contributed by atoms with van der Waals surface area (Å²) in [5, 5.41) is 12.3. The van der Waals surface area contributed by atoms with Gasteiger partial charge in [-0.15, -0.1) is 0 Å². The van der Waals surface area contributed by atoms with E-state index in [2.05, 4.69) is 5.43 Å². The normalized spacial score (nSPS) is 26.5. The van der Waals surface area contributed by atoms with Crippen LogP contribution in [0.2, 0.25) is 5.02 Å². The van der Waals surface area contributed by atoms with E-state index in [4.69, 9.17) is 16.3 Å². The minimum absolute atomic E-state index is 0.0736. The van der Waals surface area contributed by atoms with Crippen molar-refractivity contribution < 1.29 is 33.4 Å². The minimum atomic E-state index is -1.55. The van der Waals surface area contributed by atoms with Crippen LogP contribution in [0.15, 0.2) is 103 Å². The molecule has 4 aromatic carbocycles. The number of carbonyl (C=O) groups excluding carboxylic acids is 4. The first-order valence-corrected chi connectivity index (χ1v) is 18.3. The topological polar surface area (TPSA) is 116 Å². The van der Waals surface area contributed by atoms with Gasteiger partial charge in [0.1, 0.15) is 5.82 Å². The van der Waals surface area contributed by atoms with Crippen LogP contribution in [0.25, 0.3) is 0 Å². The van der Waals surface area contributed by atoms with Gasteiger partial charge >= 0.3 is 0 Å². The van der Waals surface area contributed by atoms with Gasteiger partial charge in [-0.25, -0.2) is 4.39 Å². The number of amides is 4. The van der Waals surface area contributed by atoms with E-state index < -0.39 is 52.6 Å². The van der Waals surface area contributed by atoms with Crippen LogP contribution in [0.1, 0.15) is 35.4 Å². The summed E-state index contributed by atoms with van der Waals surface area (Å²) in [7, 11) is 1.43. The molecule has 0 radical (unpaired) electrons. The van der Waals surface area contributed by atoms with Crippen molar-refractivity contribution in [2.24, 2.45) is 23.7 Å². The van der Waals surface area contributed by atoms with Crippen LogP contribution in [0.3, 0.4) is 0 Å². The maximum absolute atomic E-state index is 15.3. The molecule has 0 spiro atoms. The molecular formula is C40H32ClFIN3O6. The number of aromatic hydroxyl groups is 1. The number of carbonyl (C=O) groups is 4. The number of likely N-dealkylation sites (tertiary alicyclic amines) is 1. The number of nitrogens with zero attached hydrogens (tertiary/aromatic N) is 2. The zero-order valence-corrected chi connectivity index (χ0v) is 30.7. The summed E-state index contributed by atoms with van der Waals surface area (Å²) < 4.78 is 19.9. The number of phenols is 1. The van der Waals surface area contributed by atoms with Crippen molar-refractivity contribution in [3.05, 3.63) is 134 Å². The Morgan fingerprint density at radius 2 is 1.65 bits per heavy atom. The number of rotatable bonds is 7. The maximum atomic E-state index is 15.3. The number of imide groups is 2. The zero-order chi connectivity index (χ0) is 36.5. The first kappa shape index (κ1) is 34.3. The van der Waals surface area contributed by atoms with Crippen molar-refractivity contribution in [3.63, 3.8) is 0 Å². The van der Waals surface area contributed by atoms with Gasteiger partial charge in [0.2, 0.25) is 11.8 Å². The largest absolute Gasteiger partial charge is 0.504 e. The molecule has 6 atom stereocenters. The van der Waals surface area contributed by atoms with Gasteiger partial charge in [0, 0.05) is 10.9 Å². The van der Waals surface area contributed by atoms with Gasteiger partial charge in [-0.1, -0.05) is 65.7 Å². The molecule has 8 rings (SSSR count). The van der Waals surface area contributed by atoms with Gasteiger partial charge in [0.15, 0.2) is 11.5 Å². The molecule has 4 aromatic rings. The Hall–Kier alpha value is -4.75. The predicted octanol–water partition coefficient (Wildman–Crippen LogP) is 6.98. The Morgan fingerprint density at radius 1 is 0.942 bits per heavy atom. The smallest absolute Gasteiger partial charge is 0.260 e. The summed E-state index contributed by atoms with van der Waals surface area (Å²) in [5.41, 5.74) is 4.45. The van der Waals surface area contributed by atoms with Crippen LogP contribution in [-0.4, -0.2) is 45.8 Å². The number of anilines is 1. The van der Waals surface area contributed by atoms with Crippen LogP contribution < -0.4 is 10.2 Å². The van der Waals surface area contributed by atoms with E-state index in [-0.39, 0.29) is 42.7 Å². The van der Waals surface area contributed by atoms with E-state index in [9.17, 15) is 23.9 Å². The quantitative estimate of drug-likeness (QED) is 0.117. The van der Waals surface area contributed by atoms with Crippen molar-refractivity contribution in [3.8, 4) is 11.5 Å².